The van der Waals surface area contributed by atoms with Crippen LogP contribution < -0.4 is 0 Å². The zero-order valence-electron chi connectivity index (χ0n) is 14.3. The lowest BCUT2D eigenvalue weighted by Crippen LogP contribution is -2.46. The molecule has 1 saturated heterocycles. The van der Waals surface area contributed by atoms with Gasteiger partial charge in [-0.05, 0) is 51.5 Å². The van der Waals surface area contributed by atoms with Gasteiger partial charge in [0.1, 0.15) is 10.6 Å². The van der Waals surface area contributed by atoms with E-state index in [4.69, 9.17) is 4.74 Å². The molecule has 1 aromatic rings. The van der Waals surface area contributed by atoms with Crippen molar-refractivity contribution in [3.05, 3.63) is 22.2 Å². The second-order valence-electron chi connectivity index (χ2n) is 7.62. The lowest BCUT2D eigenvalue weighted by atomic mass is 10.0. The van der Waals surface area contributed by atoms with Crippen molar-refractivity contribution in [2.24, 2.45) is 11.8 Å². The second kappa shape index (κ2) is 6.30. The fourth-order valence-corrected chi connectivity index (χ4v) is 3.78. The Morgan fingerprint density at radius 2 is 2.04 bits per heavy atom. The Balaban J connectivity index is 1.72. The molecule has 8 heteroatoms. The number of thiazole rings is 1. The highest BCUT2D eigenvalue weighted by molar-refractivity contribution is 7.10. The Kier molecular flexibility index (Phi) is 4.59. The molecule has 1 aliphatic heterocycles. The Hall–Kier alpha value is -1.57. The van der Waals surface area contributed by atoms with Gasteiger partial charge in [-0.25, -0.2) is 9.78 Å². The molecule has 3 unspecified atom stereocenters. The number of likely N-dealkylation sites (tertiary alicyclic amines) is 1. The molecule has 1 saturated carbocycles. The third kappa shape index (κ3) is 4.54. The lowest BCUT2D eigenvalue weighted by Gasteiger charge is -2.35. The molecule has 4 nitrogen and oxygen atoms in total. The number of amides is 1. The zero-order valence-corrected chi connectivity index (χ0v) is 15.2. The van der Waals surface area contributed by atoms with Crippen molar-refractivity contribution in [2.75, 3.05) is 6.54 Å². The minimum atomic E-state index is -4.43. The maximum absolute atomic E-state index is 12.6. The van der Waals surface area contributed by atoms with Gasteiger partial charge in [0, 0.05) is 11.9 Å². The van der Waals surface area contributed by atoms with E-state index < -0.39 is 17.5 Å². The van der Waals surface area contributed by atoms with E-state index in [-0.39, 0.29) is 17.1 Å². The van der Waals surface area contributed by atoms with Crippen LogP contribution in [-0.2, 0) is 10.9 Å². The van der Waals surface area contributed by atoms with Gasteiger partial charge >= 0.3 is 12.3 Å². The topological polar surface area (TPSA) is 42.4 Å². The molecule has 3 rings (SSSR count). The van der Waals surface area contributed by atoms with Crippen LogP contribution in [0.15, 0.2) is 11.5 Å². The fourth-order valence-electron chi connectivity index (χ4n) is 3.05. The molecule has 2 fully saturated rings. The summed E-state index contributed by atoms with van der Waals surface area (Å²) in [5, 5.41) is 1.29. The smallest absolute Gasteiger partial charge is 0.434 e. The van der Waals surface area contributed by atoms with Crippen molar-refractivity contribution < 1.29 is 22.7 Å². The lowest BCUT2D eigenvalue weighted by molar-refractivity contribution is -0.140. The van der Waals surface area contributed by atoms with Crippen LogP contribution in [0.1, 0.15) is 44.3 Å². The summed E-state index contributed by atoms with van der Waals surface area (Å²) < 4.78 is 43.4. The molecular formula is C17H21F3N2O2S. The van der Waals surface area contributed by atoms with E-state index in [0.717, 1.165) is 29.6 Å². The first kappa shape index (κ1) is 18.2. The summed E-state index contributed by atoms with van der Waals surface area (Å²) in [6.07, 6.45) is 0.457. The minimum absolute atomic E-state index is 0.170. The summed E-state index contributed by atoms with van der Waals surface area (Å²) in [6.45, 7) is 6.08. The van der Waals surface area contributed by atoms with Crippen molar-refractivity contribution in [1.29, 1.82) is 0 Å². The largest absolute Gasteiger partial charge is 0.444 e. The molecule has 25 heavy (non-hydrogen) atoms. The number of rotatable bonds is 2. The van der Waals surface area contributed by atoms with Crippen molar-refractivity contribution >= 4 is 23.5 Å². The first-order valence-corrected chi connectivity index (χ1v) is 9.11. The van der Waals surface area contributed by atoms with Crippen molar-refractivity contribution in [3.63, 3.8) is 0 Å². The van der Waals surface area contributed by atoms with Gasteiger partial charge in [0.2, 0.25) is 0 Å². The Bertz CT molecular complexity index is 678. The molecule has 138 valence electrons. The molecular weight excluding hydrogens is 353 g/mol. The number of piperidine rings is 1. The molecule has 1 aliphatic carbocycles. The number of carbonyl (C=O) groups excluding carboxylic acids is 1. The number of alkyl halides is 3. The third-order valence-electron chi connectivity index (χ3n) is 4.35. The van der Waals surface area contributed by atoms with Crippen LogP contribution in [-0.4, -0.2) is 34.2 Å². The molecule has 0 radical (unpaired) electrons. The first-order chi connectivity index (χ1) is 11.5. The second-order valence-corrected chi connectivity index (χ2v) is 8.51. The minimum Gasteiger partial charge on any atom is -0.444 e. The van der Waals surface area contributed by atoms with Gasteiger partial charge in [-0.3, -0.25) is 0 Å². The summed E-state index contributed by atoms with van der Waals surface area (Å²) in [6, 6.07) is -0.170. The number of ether oxygens (including phenoxy) is 1. The van der Waals surface area contributed by atoms with Crippen molar-refractivity contribution in [1.82, 2.24) is 9.88 Å². The van der Waals surface area contributed by atoms with Gasteiger partial charge in [-0.1, -0.05) is 6.08 Å². The molecule has 2 heterocycles. The fraction of sp³-hybridized carbons (Fsp3) is 0.647. The SMILES string of the molecule is CC(C)(C)OC(=O)N1CC2CC2CC1C=Cc1nc(C(F)(F)F)cs1. The zero-order chi connectivity index (χ0) is 18.4. The molecule has 3 atom stereocenters. The highest BCUT2D eigenvalue weighted by Gasteiger charge is 2.47. The van der Waals surface area contributed by atoms with Crippen LogP contribution in [0.2, 0.25) is 0 Å². The van der Waals surface area contributed by atoms with E-state index in [1.54, 1.807) is 17.1 Å². The van der Waals surface area contributed by atoms with E-state index in [0.29, 0.717) is 18.4 Å². The number of halogens is 3. The number of carbonyl (C=O) groups is 1. The summed E-state index contributed by atoms with van der Waals surface area (Å²) in [5.74, 6) is 1.12. The number of aromatic nitrogens is 1. The van der Waals surface area contributed by atoms with Crippen LogP contribution in [0, 0.1) is 11.8 Å². The predicted molar refractivity (Wildman–Crippen MR) is 89.1 cm³/mol. The molecule has 1 aromatic heterocycles. The Morgan fingerprint density at radius 1 is 1.32 bits per heavy atom. The monoisotopic (exact) mass is 374 g/mol. The van der Waals surface area contributed by atoms with Gasteiger partial charge in [0.05, 0.1) is 6.04 Å². The van der Waals surface area contributed by atoms with E-state index in [1.165, 1.54) is 0 Å². The standard InChI is InChI=1S/C17H21F3N2O2S/c1-16(2,3)24-15(23)22-8-11-6-10(11)7-12(22)4-5-14-21-13(9-25-14)17(18,19)20/h4-5,9-12H,6-8H2,1-3H3. The number of hydrogen-bond donors (Lipinski definition) is 0. The number of nitrogens with zero attached hydrogens (tertiary/aromatic N) is 2. The quantitative estimate of drug-likeness (QED) is 0.745. The van der Waals surface area contributed by atoms with E-state index in [2.05, 4.69) is 4.98 Å². The van der Waals surface area contributed by atoms with Crippen LogP contribution in [0.4, 0.5) is 18.0 Å². The molecule has 0 N–H and O–H groups in total. The molecule has 1 amide bonds. The van der Waals surface area contributed by atoms with Gasteiger partial charge in [0.25, 0.3) is 0 Å². The Labute approximate surface area is 148 Å². The first-order valence-electron chi connectivity index (χ1n) is 8.23. The average molecular weight is 374 g/mol. The van der Waals surface area contributed by atoms with Gasteiger partial charge < -0.3 is 9.64 Å². The maximum atomic E-state index is 12.6. The number of hydrogen-bond acceptors (Lipinski definition) is 4. The van der Waals surface area contributed by atoms with Crippen molar-refractivity contribution in [3.8, 4) is 0 Å². The summed E-state index contributed by atoms with van der Waals surface area (Å²) >= 11 is 0.943. The molecule has 2 aliphatic rings. The van der Waals surface area contributed by atoms with Gasteiger partial charge in [-0.15, -0.1) is 11.3 Å². The van der Waals surface area contributed by atoms with Crippen LogP contribution in [0.3, 0.4) is 0 Å². The van der Waals surface area contributed by atoms with Crippen LogP contribution in [0.25, 0.3) is 6.08 Å². The van der Waals surface area contributed by atoms with E-state index >= 15 is 0 Å². The molecule has 0 aromatic carbocycles. The normalized spacial score (nSPS) is 26.6. The van der Waals surface area contributed by atoms with Crippen LogP contribution in [0.5, 0.6) is 0 Å². The molecule has 0 spiro atoms. The highest BCUT2D eigenvalue weighted by atomic mass is 32.1. The van der Waals surface area contributed by atoms with Gasteiger partial charge in [0.15, 0.2) is 5.69 Å². The highest BCUT2D eigenvalue weighted by Crippen LogP contribution is 2.47. The average Bonchev–Trinajstić information content (AvgIpc) is 3.04. The Morgan fingerprint density at radius 3 is 2.64 bits per heavy atom. The van der Waals surface area contributed by atoms with Crippen molar-refractivity contribution in [2.45, 2.75) is 51.4 Å². The maximum Gasteiger partial charge on any atom is 0.434 e. The summed E-state index contributed by atoms with van der Waals surface area (Å²) in [4.78, 5) is 17.7. The predicted octanol–water partition coefficient (Wildman–Crippen LogP) is 4.82. The van der Waals surface area contributed by atoms with Gasteiger partial charge in [-0.2, -0.15) is 13.2 Å². The summed E-state index contributed by atoms with van der Waals surface area (Å²) in [7, 11) is 0. The van der Waals surface area contributed by atoms with Crippen LogP contribution >= 0.6 is 11.3 Å². The summed E-state index contributed by atoms with van der Waals surface area (Å²) in [5.41, 5.74) is -1.46. The van der Waals surface area contributed by atoms with E-state index in [9.17, 15) is 18.0 Å². The molecule has 0 bridgehead atoms. The van der Waals surface area contributed by atoms with E-state index in [1.807, 2.05) is 20.8 Å². The number of fused-ring (bicyclic) bond motifs is 1. The third-order valence-corrected chi connectivity index (χ3v) is 5.16.